The standard InChI is InChI=1S/C17H28N6O2/c1-13(2)19-17(25)22-9-7-21(8-10-22)15-5-4-6-23(16(15)24)14-11-18-20(3)12-14/h11-13,15H,4-10H2,1-3H3,(H,19,25)/t15-/m0/s1. The van der Waals surface area contributed by atoms with E-state index in [1.165, 1.54) is 0 Å². The van der Waals surface area contributed by atoms with Crippen molar-refractivity contribution in [3.05, 3.63) is 12.4 Å². The van der Waals surface area contributed by atoms with E-state index in [9.17, 15) is 9.59 Å². The second kappa shape index (κ2) is 7.43. The molecule has 0 aromatic carbocycles. The number of aromatic nitrogens is 2. The highest BCUT2D eigenvalue weighted by molar-refractivity contribution is 5.97. The maximum absolute atomic E-state index is 12.9. The molecule has 0 radical (unpaired) electrons. The number of hydrogen-bond donors (Lipinski definition) is 1. The zero-order valence-electron chi connectivity index (χ0n) is 15.3. The Balaban J connectivity index is 1.59. The first-order valence-corrected chi connectivity index (χ1v) is 9.05. The molecule has 25 heavy (non-hydrogen) atoms. The molecule has 0 bridgehead atoms. The van der Waals surface area contributed by atoms with Crippen LogP contribution in [0, 0.1) is 0 Å². The lowest BCUT2D eigenvalue weighted by Crippen LogP contribution is -2.59. The molecule has 0 saturated carbocycles. The lowest BCUT2D eigenvalue weighted by atomic mass is 10.0. The Labute approximate surface area is 148 Å². The van der Waals surface area contributed by atoms with Gasteiger partial charge in [-0.3, -0.25) is 14.4 Å². The van der Waals surface area contributed by atoms with Crippen LogP contribution < -0.4 is 10.2 Å². The molecule has 3 heterocycles. The molecule has 0 spiro atoms. The van der Waals surface area contributed by atoms with Gasteiger partial charge in [-0.25, -0.2) is 4.79 Å². The van der Waals surface area contributed by atoms with Crippen LogP contribution in [0.2, 0.25) is 0 Å². The highest BCUT2D eigenvalue weighted by atomic mass is 16.2. The van der Waals surface area contributed by atoms with E-state index in [-0.39, 0.29) is 24.0 Å². The van der Waals surface area contributed by atoms with Gasteiger partial charge in [-0.2, -0.15) is 5.10 Å². The first-order chi connectivity index (χ1) is 12.0. The van der Waals surface area contributed by atoms with Crippen LogP contribution in [0.15, 0.2) is 12.4 Å². The van der Waals surface area contributed by atoms with Crippen molar-refractivity contribution in [2.45, 2.75) is 38.8 Å². The summed E-state index contributed by atoms with van der Waals surface area (Å²) in [5.41, 5.74) is 0.868. The quantitative estimate of drug-likeness (QED) is 0.870. The van der Waals surface area contributed by atoms with Gasteiger partial charge in [0.05, 0.1) is 17.9 Å². The predicted octanol–water partition coefficient (Wildman–Crippen LogP) is 0.651. The fourth-order valence-electron chi connectivity index (χ4n) is 3.57. The van der Waals surface area contributed by atoms with Crippen molar-refractivity contribution in [2.24, 2.45) is 7.05 Å². The number of amides is 3. The summed E-state index contributed by atoms with van der Waals surface area (Å²) in [5, 5.41) is 7.11. The minimum absolute atomic E-state index is 0.0124. The van der Waals surface area contributed by atoms with Crippen LogP contribution in [0.25, 0.3) is 0 Å². The van der Waals surface area contributed by atoms with Gasteiger partial charge in [0.15, 0.2) is 0 Å². The summed E-state index contributed by atoms with van der Waals surface area (Å²) in [5.74, 6) is 0.152. The van der Waals surface area contributed by atoms with E-state index in [2.05, 4.69) is 15.3 Å². The summed E-state index contributed by atoms with van der Waals surface area (Å²) in [4.78, 5) is 31.0. The molecule has 3 amide bonds. The number of piperidine rings is 1. The largest absolute Gasteiger partial charge is 0.336 e. The molecular weight excluding hydrogens is 320 g/mol. The molecule has 1 N–H and O–H groups in total. The van der Waals surface area contributed by atoms with Crippen molar-refractivity contribution in [1.82, 2.24) is 24.9 Å². The lowest BCUT2D eigenvalue weighted by molar-refractivity contribution is -0.126. The van der Waals surface area contributed by atoms with Crippen molar-refractivity contribution >= 4 is 17.6 Å². The van der Waals surface area contributed by atoms with Crippen LogP contribution in [0.5, 0.6) is 0 Å². The average molecular weight is 348 g/mol. The molecule has 8 heteroatoms. The molecule has 0 aliphatic carbocycles. The Kier molecular flexibility index (Phi) is 5.27. The van der Waals surface area contributed by atoms with Crippen LogP contribution in [0.3, 0.4) is 0 Å². The number of rotatable bonds is 3. The first-order valence-electron chi connectivity index (χ1n) is 9.05. The third kappa shape index (κ3) is 3.95. The molecule has 1 aromatic rings. The van der Waals surface area contributed by atoms with Gasteiger partial charge in [0, 0.05) is 52.0 Å². The fourth-order valence-corrected chi connectivity index (χ4v) is 3.57. The molecule has 2 aliphatic rings. The van der Waals surface area contributed by atoms with Gasteiger partial charge in [-0.1, -0.05) is 0 Å². The third-order valence-corrected chi connectivity index (χ3v) is 4.87. The second-order valence-corrected chi connectivity index (χ2v) is 7.15. The summed E-state index contributed by atoms with van der Waals surface area (Å²) in [6.45, 7) is 7.47. The van der Waals surface area contributed by atoms with Crippen molar-refractivity contribution in [1.29, 1.82) is 0 Å². The summed E-state index contributed by atoms with van der Waals surface area (Å²) in [6.07, 6.45) is 5.50. The van der Waals surface area contributed by atoms with Crippen LogP contribution in [-0.4, -0.2) is 76.3 Å². The normalized spacial score (nSPS) is 22.6. The zero-order valence-corrected chi connectivity index (χ0v) is 15.3. The van der Waals surface area contributed by atoms with Crippen molar-refractivity contribution in [2.75, 3.05) is 37.6 Å². The number of aryl methyl sites for hydroxylation is 1. The van der Waals surface area contributed by atoms with Gasteiger partial charge in [0.2, 0.25) is 5.91 Å². The predicted molar refractivity (Wildman–Crippen MR) is 95.4 cm³/mol. The number of nitrogens with one attached hydrogen (secondary N) is 1. The highest BCUT2D eigenvalue weighted by Crippen LogP contribution is 2.24. The maximum Gasteiger partial charge on any atom is 0.317 e. The number of hydrogen-bond acceptors (Lipinski definition) is 4. The Morgan fingerprint density at radius 3 is 2.56 bits per heavy atom. The maximum atomic E-state index is 12.9. The third-order valence-electron chi connectivity index (χ3n) is 4.87. The van der Waals surface area contributed by atoms with E-state index >= 15 is 0 Å². The SMILES string of the molecule is CC(C)NC(=O)N1CCN([C@H]2CCCN(c3cnn(C)c3)C2=O)CC1. The summed E-state index contributed by atoms with van der Waals surface area (Å²) < 4.78 is 1.72. The number of urea groups is 1. The van der Waals surface area contributed by atoms with E-state index in [4.69, 9.17) is 0 Å². The topological polar surface area (TPSA) is 73.7 Å². The molecule has 0 unspecified atom stereocenters. The van der Waals surface area contributed by atoms with Gasteiger partial charge in [-0.05, 0) is 26.7 Å². The molecule has 138 valence electrons. The molecule has 2 saturated heterocycles. The summed E-state index contributed by atoms with van der Waals surface area (Å²) in [6, 6.07) is 0.0318. The molecule has 3 rings (SSSR count). The minimum Gasteiger partial charge on any atom is -0.336 e. The molecular formula is C17H28N6O2. The Hall–Kier alpha value is -2.09. The van der Waals surface area contributed by atoms with E-state index in [1.54, 1.807) is 10.9 Å². The Bertz CT molecular complexity index is 620. The molecule has 8 nitrogen and oxygen atoms in total. The summed E-state index contributed by atoms with van der Waals surface area (Å²) in [7, 11) is 1.86. The first kappa shape index (κ1) is 17.7. The molecule has 1 atom stereocenters. The van der Waals surface area contributed by atoms with Gasteiger partial charge in [0.1, 0.15) is 0 Å². The zero-order chi connectivity index (χ0) is 18.0. The van der Waals surface area contributed by atoms with E-state index in [1.807, 2.05) is 36.9 Å². The number of carbonyl (C=O) groups excluding carboxylic acids is 2. The minimum atomic E-state index is -0.0933. The summed E-state index contributed by atoms with van der Waals surface area (Å²) >= 11 is 0. The Morgan fingerprint density at radius 1 is 1.24 bits per heavy atom. The molecule has 2 fully saturated rings. The van der Waals surface area contributed by atoms with E-state index in [0.29, 0.717) is 13.1 Å². The van der Waals surface area contributed by atoms with Gasteiger partial charge in [0.25, 0.3) is 0 Å². The highest BCUT2D eigenvalue weighted by Gasteiger charge is 2.36. The second-order valence-electron chi connectivity index (χ2n) is 7.15. The van der Waals surface area contributed by atoms with Gasteiger partial charge < -0.3 is 15.1 Å². The van der Waals surface area contributed by atoms with Crippen LogP contribution in [0.4, 0.5) is 10.5 Å². The lowest BCUT2D eigenvalue weighted by Gasteiger charge is -2.42. The smallest absolute Gasteiger partial charge is 0.317 e. The van der Waals surface area contributed by atoms with Crippen LogP contribution in [-0.2, 0) is 11.8 Å². The van der Waals surface area contributed by atoms with Gasteiger partial charge >= 0.3 is 6.03 Å². The number of piperazine rings is 1. The number of anilines is 1. The van der Waals surface area contributed by atoms with Crippen LogP contribution >= 0.6 is 0 Å². The monoisotopic (exact) mass is 348 g/mol. The van der Waals surface area contributed by atoms with E-state index < -0.39 is 0 Å². The number of nitrogens with zero attached hydrogens (tertiary/aromatic N) is 5. The van der Waals surface area contributed by atoms with Crippen LogP contribution in [0.1, 0.15) is 26.7 Å². The Morgan fingerprint density at radius 2 is 1.96 bits per heavy atom. The van der Waals surface area contributed by atoms with Crippen molar-refractivity contribution in [3.63, 3.8) is 0 Å². The fraction of sp³-hybridized carbons (Fsp3) is 0.706. The van der Waals surface area contributed by atoms with Crippen molar-refractivity contribution < 1.29 is 9.59 Å². The number of carbonyl (C=O) groups is 2. The van der Waals surface area contributed by atoms with E-state index in [0.717, 1.165) is 38.2 Å². The molecule has 2 aliphatic heterocycles. The van der Waals surface area contributed by atoms with Gasteiger partial charge in [-0.15, -0.1) is 0 Å². The van der Waals surface area contributed by atoms with Crippen molar-refractivity contribution in [3.8, 4) is 0 Å². The average Bonchev–Trinajstić information content (AvgIpc) is 3.01. The molecule has 1 aromatic heterocycles.